The summed E-state index contributed by atoms with van der Waals surface area (Å²) in [6.07, 6.45) is -1.30. The van der Waals surface area contributed by atoms with E-state index in [0.717, 1.165) is 0 Å². The van der Waals surface area contributed by atoms with Crippen molar-refractivity contribution in [2.75, 3.05) is 26.6 Å². The zero-order chi connectivity index (χ0) is 16.8. The fourth-order valence-corrected chi connectivity index (χ4v) is 2.76. The topological polar surface area (TPSA) is 138 Å². The molecular weight excluding hydrogens is 306 g/mol. The van der Waals surface area contributed by atoms with Gasteiger partial charge in [0.2, 0.25) is 11.8 Å². The molecule has 1 aliphatic heterocycles. The first-order chi connectivity index (χ1) is 10.9. The van der Waals surface area contributed by atoms with E-state index in [1.165, 1.54) is 32.0 Å². The second kappa shape index (κ2) is 5.57. The number of hydrogen-bond donors (Lipinski definition) is 3. The monoisotopic (exact) mass is 325 g/mol. The first kappa shape index (κ1) is 15.9. The molecule has 0 bridgehead atoms. The molecule has 1 saturated heterocycles. The number of hydrogen-bond acceptors (Lipinski definition) is 9. The molecule has 2 aromatic heterocycles. The summed E-state index contributed by atoms with van der Waals surface area (Å²) in [5.41, 5.74) is 4.83. The molecule has 23 heavy (non-hydrogen) atoms. The fraction of sp³-hybridized carbons (Fsp3) is 0.615. The van der Waals surface area contributed by atoms with Gasteiger partial charge in [-0.2, -0.15) is 9.97 Å². The van der Waals surface area contributed by atoms with Gasteiger partial charge in [-0.25, -0.2) is 4.98 Å². The number of imidazole rings is 1. The van der Waals surface area contributed by atoms with Crippen LogP contribution >= 0.6 is 0 Å². The van der Waals surface area contributed by atoms with Crippen molar-refractivity contribution in [1.82, 2.24) is 19.5 Å². The van der Waals surface area contributed by atoms with Gasteiger partial charge in [-0.05, 0) is 6.92 Å². The Balaban J connectivity index is 2.08. The van der Waals surface area contributed by atoms with E-state index < -0.39 is 24.0 Å². The zero-order valence-corrected chi connectivity index (χ0v) is 13.0. The maximum atomic E-state index is 10.7. The number of nitrogen functional groups attached to an aromatic ring is 1. The predicted octanol–water partition coefficient (Wildman–Crippen LogP) is -0.927. The van der Waals surface area contributed by atoms with Crippen molar-refractivity contribution in [1.29, 1.82) is 0 Å². The van der Waals surface area contributed by atoms with Crippen LogP contribution < -0.4 is 10.5 Å². The van der Waals surface area contributed by atoms with Gasteiger partial charge in [0.15, 0.2) is 17.4 Å². The molecule has 0 aromatic carbocycles. The second-order valence-corrected chi connectivity index (χ2v) is 5.57. The van der Waals surface area contributed by atoms with E-state index in [1.54, 1.807) is 0 Å². The van der Waals surface area contributed by atoms with Gasteiger partial charge >= 0.3 is 0 Å². The Morgan fingerprint density at radius 2 is 2.17 bits per heavy atom. The Morgan fingerprint density at radius 3 is 2.83 bits per heavy atom. The molecule has 1 aliphatic rings. The summed E-state index contributed by atoms with van der Waals surface area (Å²) in [6.45, 7) is 1.62. The van der Waals surface area contributed by atoms with Crippen LogP contribution in [0.3, 0.4) is 0 Å². The summed E-state index contributed by atoms with van der Waals surface area (Å²) in [5.74, 6) is 0.223. The normalized spacial score (nSPS) is 30.9. The van der Waals surface area contributed by atoms with Gasteiger partial charge in [0.1, 0.15) is 17.8 Å². The number of aliphatic hydroxyl groups excluding tert-OH is 1. The Kier molecular flexibility index (Phi) is 3.84. The number of fused-ring (bicyclic) bond motifs is 1. The summed E-state index contributed by atoms with van der Waals surface area (Å²) in [5, 5.41) is 20.9. The van der Waals surface area contributed by atoms with Crippen LogP contribution in [0.4, 0.5) is 5.95 Å². The van der Waals surface area contributed by atoms with Crippen LogP contribution in [0.5, 0.6) is 5.88 Å². The standard InChI is InChI=1S/C13H19N5O5/c1-13(20)8(19)6(4-21-2)23-11(13)18-5-15-7-9(18)16-12(14)17-10(7)22-3/h5-6,8,11,19-20H,4H2,1-3H3,(H2,14,16,17)/t6-,8-,11-,13-/m1/s1. The van der Waals surface area contributed by atoms with Crippen molar-refractivity contribution < 1.29 is 24.4 Å². The van der Waals surface area contributed by atoms with Crippen molar-refractivity contribution in [3.8, 4) is 5.88 Å². The van der Waals surface area contributed by atoms with Crippen LogP contribution in [0.15, 0.2) is 6.33 Å². The highest BCUT2D eigenvalue weighted by Crippen LogP contribution is 2.40. The van der Waals surface area contributed by atoms with Crippen LogP contribution in [-0.4, -0.2) is 68.4 Å². The maximum absolute atomic E-state index is 10.7. The smallest absolute Gasteiger partial charge is 0.246 e. The van der Waals surface area contributed by atoms with Gasteiger partial charge < -0.3 is 30.2 Å². The van der Waals surface area contributed by atoms with Crippen LogP contribution in [0.1, 0.15) is 13.2 Å². The van der Waals surface area contributed by atoms with Crippen molar-refractivity contribution in [3.05, 3.63) is 6.33 Å². The van der Waals surface area contributed by atoms with Gasteiger partial charge in [-0.1, -0.05) is 0 Å². The lowest BCUT2D eigenvalue weighted by Crippen LogP contribution is -2.44. The Bertz CT molecular complexity index is 718. The third kappa shape index (κ3) is 2.39. The predicted molar refractivity (Wildman–Crippen MR) is 78.7 cm³/mol. The quantitative estimate of drug-likeness (QED) is 0.651. The van der Waals surface area contributed by atoms with Gasteiger partial charge in [0, 0.05) is 7.11 Å². The largest absolute Gasteiger partial charge is 0.479 e. The van der Waals surface area contributed by atoms with Crippen molar-refractivity contribution in [2.45, 2.75) is 31.0 Å². The Labute approximate surface area is 131 Å². The number of nitrogens with zero attached hydrogens (tertiary/aromatic N) is 4. The van der Waals surface area contributed by atoms with Gasteiger partial charge in [-0.3, -0.25) is 4.57 Å². The summed E-state index contributed by atoms with van der Waals surface area (Å²) in [7, 11) is 2.93. The molecule has 3 rings (SSSR count). The molecule has 0 saturated carbocycles. The van der Waals surface area contributed by atoms with E-state index in [4.69, 9.17) is 19.9 Å². The molecule has 0 radical (unpaired) electrons. The van der Waals surface area contributed by atoms with Crippen molar-refractivity contribution in [2.24, 2.45) is 0 Å². The third-order valence-electron chi connectivity index (χ3n) is 3.94. The number of rotatable bonds is 4. The summed E-state index contributed by atoms with van der Waals surface area (Å²) < 4.78 is 17.4. The van der Waals surface area contributed by atoms with E-state index in [-0.39, 0.29) is 18.4 Å². The van der Waals surface area contributed by atoms with Crippen LogP contribution in [-0.2, 0) is 9.47 Å². The summed E-state index contributed by atoms with van der Waals surface area (Å²) >= 11 is 0. The minimum Gasteiger partial charge on any atom is -0.479 e. The molecule has 0 unspecified atom stereocenters. The third-order valence-corrected chi connectivity index (χ3v) is 3.94. The Morgan fingerprint density at radius 1 is 1.43 bits per heavy atom. The van der Waals surface area contributed by atoms with Crippen LogP contribution in [0.25, 0.3) is 11.2 Å². The number of nitrogens with two attached hydrogens (primary N) is 1. The zero-order valence-electron chi connectivity index (χ0n) is 13.0. The van der Waals surface area contributed by atoms with E-state index in [2.05, 4.69) is 15.0 Å². The lowest BCUT2D eigenvalue weighted by molar-refractivity contribution is -0.0956. The highest BCUT2D eigenvalue weighted by atomic mass is 16.6. The molecular formula is C13H19N5O5. The number of methoxy groups -OCH3 is 2. The maximum Gasteiger partial charge on any atom is 0.246 e. The number of aliphatic hydroxyl groups is 2. The lowest BCUT2D eigenvalue weighted by atomic mass is 9.96. The molecule has 4 atom stereocenters. The fourth-order valence-electron chi connectivity index (χ4n) is 2.76. The highest BCUT2D eigenvalue weighted by Gasteiger charge is 2.53. The average molecular weight is 325 g/mol. The molecule has 0 aliphatic carbocycles. The molecule has 2 aromatic rings. The molecule has 10 heteroatoms. The Hall–Kier alpha value is -2.01. The molecule has 126 valence electrons. The first-order valence-electron chi connectivity index (χ1n) is 6.99. The molecule has 4 N–H and O–H groups in total. The van der Waals surface area contributed by atoms with Crippen molar-refractivity contribution in [3.63, 3.8) is 0 Å². The average Bonchev–Trinajstić information content (AvgIpc) is 3.01. The summed E-state index contributed by atoms with van der Waals surface area (Å²) in [4.78, 5) is 12.3. The first-order valence-corrected chi connectivity index (χ1v) is 6.99. The molecule has 3 heterocycles. The van der Waals surface area contributed by atoms with E-state index in [0.29, 0.717) is 11.2 Å². The van der Waals surface area contributed by atoms with Gasteiger partial charge in [0.25, 0.3) is 0 Å². The minimum absolute atomic E-state index is 0.00253. The van der Waals surface area contributed by atoms with Crippen LogP contribution in [0.2, 0.25) is 0 Å². The minimum atomic E-state index is -1.57. The summed E-state index contributed by atoms with van der Waals surface area (Å²) in [6, 6.07) is 0. The van der Waals surface area contributed by atoms with E-state index in [9.17, 15) is 10.2 Å². The van der Waals surface area contributed by atoms with Gasteiger partial charge in [0.05, 0.1) is 20.0 Å². The highest BCUT2D eigenvalue weighted by molar-refractivity contribution is 5.77. The molecule has 1 fully saturated rings. The molecule has 10 nitrogen and oxygen atoms in total. The SMILES string of the molecule is COC[C@H]1O[C@@H](n2cnc3c(OC)nc(N)nc32)[C@](C)(O)[C@@H]1O. The number of ether oxygens (including phenoxy) is 3. The molecule has 0 spiro atoms. The van der Waals surface area contributed by atoms with Crippen molar-refractivity contribution >= 4 is 17.1 Å². The van der Waals surface area contributed by atoms with E-state index >= 15 is 0 Å². The number of aromatic nitrogens is 4. The van der Waals surface area contributed by atoms with Crippen LogP contribution in [0, 0.1) is 0 Å². The van der Waals surface area contributed by atoms with Gasteiger partial charge in [-0.15, -0.1) is 0 Å². The molecule has 0 amide bonds. The second-order valence-electron chi connectivity index (χ2n) is 5.57. The van der Waals surface area contributed by atoms with E-state index in [1.807, 2.05) is 0 Å². The number of anilines is 1. The lowest BCUT2D eigenvalue weighted by Gasteiger charge is -2.27.